The predicted molar refractivity (Wildman–Crippen MR) is 66.5 cm³/mol. The smallest absolute Gasteiger partial charge is 0.471 e. The summed E-state index contributed by atoms with van der Waals surface area (Å²) in [5.41, 5.74) is 0.308. The van der Waals surface area contributed by atoms with Crippen LogP contribution in [0, 0.1) is 0 Å². The Kier molecular flexibility index (Phi) is 4.43. The lowest BCUT2D eigenvalue weighted by Gasteiger charge is -2.23. The summed E-state index contributed by atoms with van der Waals surface area (Å²) < 4.78 is 48.0. The highest BCUT2D eigenvalue weighted by molar-refractivity contribution is 5.85. The Bertz CT molecular complexity index is 588. The van der Waals surface area contributed by atoms with Gasteiger partial charge < -0.3 is 19.5 Å². The number of amides is 1. The molecule has 9 heteroatoms. The van der Waals surface area contributed by atoms with E-state index >= 15 is 0 Å². The third-order valence-corrected chi connectivity index (χ3v) is 2.84. The minimum Gasteiger partial charge on any atom is -0.486 e. The number of alkyl halides is 3. The fourth-order valence-electron chi connectivity index (χ4n) is 1.95. The molecule has 0 fully saturated rings. The van der Waals surface area contributed by atoms with E-state index in [9.17, 15) is 22.8 Å². The molecule has 0 saturated heterocycles. The zero-order valence-corrected chi connectivity index (χ0v) is 11.2. The third kappa shape index (κ3) is 3.80. The molecule has 22 heavy (non-hydrogen) atoms. The molecule has 0 aromatic heterocycles. The molecular weight excluding hydrogens is 307 g/mol. The highest BCUT2D eigenvalue weighted by Crippen LogP contribution is 2.31. The average Bonchev–Trinajstić information content (AvgIpc) is 2.44. The fourth-order valence-corrected chi connectivity index (χ4v) is 1.95. The number of carbonyl (C=O) groups is 2. The number of halogens is 3. The fraction of sp³-hybridized carbons (Fsp3) is 0.385. The molecule has 0 unspecified atom stereocenters. The van der Waals surface area contributed by atoms with Gasteiger partial charge in [-0.1, -0.05) is 6.07 Å². The molecule has 1 heterocycles. The van der Waals surface area contributed by atoms with Crippen molar-refractivity contribution in [1.29, 1.82) is 0 Å². The highest BCUT2D eigenvalue weighted by Gasteiger charge is 2.43. The van der Waals surface area contributed by atoms with Crippen LogP contribution in [0.25, 0.3) is 0 Å². The van der Waals surface area contributed by atoms with Crippen LogP contribution in [-0.4, -0.2) is 47.8 Å². The number of ether oxygens (including phenoxy) is 2. The first-order valence-corrected chi connectivity index (χ1v) is 6.24. The summed E-state index contributed by atoms with van der Waals surface area (Å²) in [6.07, 6.45) is -5.14. The summed E-state index contributed by atoms with van der Waals surface area (Å²) in [5.74, 6) is -2.94. The van der Waals surface area contributed by atoms with Gasteiger partial charge in [0.05, 0.1) is 0 Å². The molecule has 1 N–H and O–H groups in total. The lowest BCUT2D eigenvalue weighted by atomic mass is 10.1. The van der Waals surface area contributed by atoms with Crippen molar-refractivity contribution in [2.24, 2.45) is 0 Å². The van der Waals surface area contributed by atoms with E-state index in [2.05, 4.69) is 0 Å². The van der Waals surface area contributed by atoms with Gasteiger partial charge in [0.1, 0.15) is 19.8 Å². The van der Waals surface area contributed by atoms with Crippen LogP contribution in [0.4, 0.5) is 13.2 Å². The van der Waals surface area contributed by atoms with Crippen molar-refractivity contribution in [3.63, 3.8) is 0 Å². The number of benzene rings is 1. The van der Waals surface area contributed by atoms with Crippen LogP contribution in [0.5, 0.6) is 11.5 Å². The molecule has 1 aliphatic rings. The second-order valence-electron chi connectivity index (χ2n) is 4.53. The van der Waals surface area contributed by atoms with Gasteiger partial charge in [0.2, 0.25) is 0 Å². The Balaban J connectivity index is 2.19. The molecule has 6 nitrogen and oxygen atoms in total. The minimum absolute atomic E-state index is 0.216. The number of nitrogens with zero attached hydrogens (tertiary/aromatic N) is 1. The van der Waals surface area contributed by atoms with Crippen LogP contribution < -0.4 is 9.47 Å². The van der Waals surface area contributed by atoms with E-state index in [0.29, 0.717) is 30.3 Å². The molecule has 1 aromatic rings. The molecular formula is C13H12F3NO5. The number of aliphatic carboxylic acids is 1. The van der Waals surface area contributed by atoms with Crippen LogP contribution in [0.15, 0.2) is 18.2 Å². The summed E-state index contributed by atoms with van der Waals surface area (Å²) in [6, 6.07) is 4.37. The zero-order chi connectivity index (χ0) is 16.3. The molecule has 2 rings (SSSR count). The van der Waals surface area contributed by atoms with Gasteiger partial charge in [0.25, 0.3) is 0 Å². The third-order valence-electron chi connectivity index (χ3n) is 2.84. The summed E-state index contributed by atoms with van der Waals surface area (Å²) in [6.45, 7) is -0.880. The molecule has 0 saturated carbocycles. The van der Waals surface area contributed by atoms with Crippen molar-refractivity contribution in [2.45, 2.75) is 12.7 Å². The molecule has 1 amide bonds. The average molecular weight is 319 g/mol. The van der Waals surface area contributed by atoms with Gasteiger partial charge in [-0.25, -0.2) is 0 Å². The number of carbonyl (C=O) groups excluding carboxylic acids is 1. The molecule has 0 bridgehead atoms. The first kappa shape index (κ1) is 15.9. The quantitative estimate of drug-likeness (QED) is 0.909. The summed E-state index contributed by atoms with van der Waals surface area (Å²) in [4.78, 5) is 22.1. The van der Waals surface area contributed by atoms with E-state index in [1.165, 1.54) is 18.2 Å². The lowest BCUT2D eigenvalue weighted by Crippen LogP contribution is -2.43. The molecule has 1 aromatic carbocycles. The van der Waals surface area contributed by atoms with Crippen molar-refractivity contribution < 1.29 is 37.3 Å². The Morgan fingerprint density at radius 3 is 2.41 bits per heavy atom. The number of carboxylic acid groups (broad SMARTS) is 1. The Labute approximate surface area is 123 Å². The number of hydrogen-bond acceptors (Lipinski definition) is 4. The molecule has 0 spiro atoms. The Morgan fingerprint density at radius 1 is 1.18 bits per heavy atom. The van der Waals surface area contributed by atoms with Gasteiger partial charge in [-0.15, -0.1) is 0 Å². The van der Waals surface area contributed by atoms with Gasteiger partial charge in [-0.2, -0.15) is 13.2 Å². The first-order valence-electron chi connectivity index (χ1n) is 6.24. The Morgan fingerprint density at radius 2 is 1.82 bits per heavy atom. The lowest BCUT2D eigenvalue weighted by molar-refractivity contribution is -0.187. The maximum atomic E-state index is 12.5. The zero-order valence-electron chi connectivity index (χ0n) is 11.2. The van der Waals surface area contributed by atoms with Crippen molar-refractivity contribution in [3.05, 3.63) is 23.8 Å². The summed E-state index contributed by atoms with van der Waals surface area (Å²) in [7, 11) is 0. The number of rotatable bonds is 4. The van der Waals surface area contributed by atoms with Crippen LogP contribution >= 0.6 is 0 Å². The Hall–Kier alpha value is -2.45. The van der Waals surface area contributed by atoms with E-state index in [-0.39, 0.29) is 4.90 Å². The molecule has 1 aliphatic heterocycles. The van der Waals surface area contributed by atoms with E-state index in [1.807, 2.05) is 0 Å². The van der Waals surface area contributed by atoms with Gasteiger partial charge in [0, 0.05) is 6.54 Å². The van der Waals surface area contributed by atoms with Crippen molar-refractivity contribution in [2.75, 3.05) is 19.8 Å². The number of hydrogen-bond donors (Lipinski definition) is 1. The molecule has 0 atom stereocenters. The molecule has 0 aliphatic carbocycles. The SMILES string of the molecule is O=C(O)CN(Cc1ccc2c(c1)OCCO2)C(=O)C(F)(F)F. The van der Waals surface area contributed by atoms with E-state index in [4.69, 9.17) is 14.6 Å². The second kappa shape index (κ2) is 6.12. The number of fused-ring (bicyclic) bond motifs is 1. The predicted octanol–water partition coefficient (Wildman–Crippen LogP) is 1.43. The summed E-state index contributed by atoms with van der Waals surface area (Å²) in [5, 5.41) is 8.66. The summed E-state index contributed by atoms with van der Waals surface area (Å²) >= 11 is 0. The first-order chi connectivity index (χ1) is 10.3. The number of carboxylic acids is 1. The minimum atomic E-state index is -5.14. The maximum Gasteiger partial charge on any atom is 0.471 e. The standard InChI is InChI=1S/C13H12F3NO5/c14-13(15,16)12(20)17(7-11(18)19)6-8-1-2-9-10(5-8)22-4-3-21-9/h1-2,5H,3-4,6-7H2,(H,18,19). The van der Waals surface area contributed by atoms with Gasteiger partial charge >= 0.3 is 18.1 Å². The van der Waals surface area contributed by atoms with Crippen molar-refractivity contribution >= 4 is 11.9 Å². The van der Waals surface area contributed by atoms with Crippen molar-refractivity contribution in [3.8, 4) is 11.5 Å². The molecule has 120 valence electrons. The van der Waals surface area contributed by atoms with Crippen molar-refractivity contribution in [1.82, 2.24) is 4.90 Å². The van der Waals surface area contributed by atoms with E-state index in [0.717, 1.165) is 0 Å². The normalized spacial score (nSPS) is 13.6. The molecule has 0 radical (unpaired) electrons. The maximum absolute atomic E-state index is 12.5. The van der Waals surface area contributed by atoms with Gasteiger partial charge in [-0.05, 0) is 17.7 Å². The van der Waals surface area contributed by atoms with Crippen LogP contribution in [0.1, 0.15) is 5.56 Å². The van der Waals surface area contributed by atoms with E-state index < -0.39 is 31.1 Å². The topological polar surface area (TPSA) is 76.1 Å². The van der Waals surface area contributed by atoms with Gasteiger partial charge in [-0.3, -0.25) is 9.59 Å². The largest absolute Gasteiger partial charge is 0.486 e. The van der Waals surface area contributed by atoms with E-state index in [1.54, 1.807) is 0 Å². The van der Waals surface area contributed by atoms with Gasteiger partial charge in [0.15, 0.2) is 11.5 Å². The second-order valence-corrected chi connectivity index (χ2v) is 4.53. The van der Waals surface area contributed by atoms with Crippen LogP contribution in [0.2, 0.25) is 0 Å². The van der Waals surface area contributed by atoms with Crippen LogP contribution in [-0.2, 0) is 16.1 Å². The van der Waals surface area contributed by atoms with Crippen LogP contribution in [0.3, 0.4) is 0 Å². The monoisotopic (exact) mass is 319 g/mol. The highest BCUT2D eigenvalue weighted by atomic mass is 19.4.